The van der Waals surface area contributed by atoms with Gasteiger partial charge in [0, 0.05) is 10.7 Å². The SMILES string of the molecule is O=C(Nc1c(Cl)cc(F)cc1Cl)c1ccc(Br)cn1. The van der Waals surface area contributed by atoms with Crippen LogP contribution in [0, 0.1) is 5.82 Å². The Kier molecular flexibility index (Phi) is 4.39. The number of hydrogen-bond donors (Lipinski definition) is 1. The number of nitrogens with one attached hydrogen (secondary N) is 1. The topological polar surface area (TPSA) is 42.0 Å². The molecule has 0 aliphatic carbocycles. The van der Waals surface area contributed by atoms with Gasteiger partial charge in [-0.05, 0) is 40.2 Å². The second kappa shape index (κ2) is 5.86. The zero-order chi connectivity index (χ0) is 14.0. The number of pyridine rings is 1. The van der Waals surface area contributed by atoms with Crippen LogP contribution in [0.1, 0.15) is 10.5 Å². The zero-order valence-corrected chi connectivity index (χ0v) is 12.4. The molecule has 0 atom stereocenters. The van der Waals surface area contributed by atoms with Gasteiger partial charge in [0.2, 0.25) is 0 Å². The van der Waals surface area contributed by atoms with Crippen LogP contribution < -0.4 is 5.32 Å². The van der Waals surface area contributed by atoms with Crippen molar-refractivity contribution in [3.63, 3.8) is 0 Å². The van der Waals surface area contributed by atoms with Crippen molar-refractivity contribution in [2.45, 2.75) is 0 Å². The minimum Gasteiger partial charge on any atom is -0.318 e. The Bertz CT molecular complexity index is 611. The van der Waals surface area contributed by atoms with Crippen molar-refractivity contribution in [1.29, 1.82) is 0 Å². The molecule has 0 radical (unpaired) electrons. The lowest BCUT2D eigenvalue weighted by Crippen LogP contribution is -2.14. The molecule has 1 aromatic heterocycles. The number of hydrogen-bond acceptors (Lipinski definition) is 2. The molecule has 0 aliphatic rings. The molecule has 0 saturated carbocycles. The van der Waals surface area contributed by atoms with Crippen molar-refractivity contribution >= 4 is 50.7 Å². The summed E-state index contributed by atoms with van der Waals surface area (Å²) in [5.74, 6) is -1.06. The zero-order valence-electron chi connectivity index (χ0n) is 9.25. The van der Waals surface area contributed by atoms with E-state index in [1.54, 1.807) is 6.07 Å². The standard InChI is InChI=1S/C12H6BrCl2FN2O/c13-6-1-2-10(17-5-6)12(19)18-11-8(14)3-7(16)4-9(11)15/h1-5H,(H,18,19). The highest BCUT2D eigenvalue weighted by Crippen LogP contribution is 2.31. The lowest BCUT2D eigenvalue weighted by atomic mass is 10.3. The second-order valence-electron chi connectivity index (χ2n) is 3.56. The number of carbonyl (C=O) groups is 1. The number of halogens is 4. The normalized spacial score (nSPS) is 10.3. The fraction of sp³-hybridized carbons (Fsp3) is 0. The highest BCUT2D eigenvalue weighted by Gasteiger charge is 2.13. The third kappa shape index (κ3) is 3.43. The van der Waals surface area contributed by atoms with Gasteiger partial charge in [-0.1, -0.05) is 23.2 Å². The molecule has 1 aromatic carbocycles. The van der Waals surface area contributed by atoms with E-state index >= 15 is 0 Å². The van der Waals surface area contributed by atoms with Crippen LogP contribution >= 0.6 is 39.1 Å². The highest BCUT2D eigenvalue weighted by atomic mass is 79.9. The van der Waals surface area contributed by atoms with E-state index in [1.807, 2.05) is 0 Å². The maximum atomic E-state index is 13.0. The molecule has 0 fully saturated rings. The highest BCUT2D eigenvalue weighted by molar-refractivity contribution is 9.10. The van der Waals surface area contributed by atoms with Crippen LogP contribution in [0.2, 0.25) is 10.0 Å². The van der Waals surface area contributed by atoms with Crippen LogP contribution in [0.25, 0.3) is 0 Å². The van der Waals surface area contributed by atoms with Gasteiger partial charge >= 0.3 is 0 Å². The number of nitrogens with zero attached hydrogens (tertiary/aromatic N) is 1. The van der Waals surface area contributed by atoms with E-state index in [0.29, 0.717) is 0 Å². The quantitative estimate of drug-likeness (QED) is 0.850. The van der Waals surface area contributed by atoms with Gasteiger partial charge in [-0.25, -0.2) is 9.37 Å². The van der Waals surface area contributed by atoms with E-state index < -0.39 is 11.7 Å². The van der Waals surface area contributed by atoms with Crippen molar-refractivity contribution in [2.24, 2.45) is 0 Å². The van der Waals surface area contributed by atoms with Crippen molar-refractivity contribution in [3.8, 4) is 0 Å². The number of anilines is 1. The molecular weight excluding hydrogens is 358 g/mol. The molecule has 0 saturated heterocycles. The van der Waals surface area contributed by atoms with Gasteiger partial charge < -0.3 is 5.32 Å². The maximum absolute atomic E-state index is 13.0. The Hall–Kier alpha value is -1.17. The summed E-state index contributed by atoms with van der Waals surface area (Å²) < 4.78 is 13.8. The molecule has 2 rings (SSSR count). The number of rotatable bonds is 2. The molecule has 0 spiro atoms. The van der Waals surface area contributed by atoms with Crippen molar-refractivity contribution < 1.29 is 9.18 Å². The first kappa shape index (κ1) is 14.2. The summed E-state index contributed by atoms with van der Waals surface area (Å²) in [7, 11) is 0. The van der Waals surface area contributed by atoms with Crippen LogP contribution in [0.5, 0.6) is 0 Å². The molecule has 1 N–H and O–H groups in total. The van der Waals surface area contributed by atoms with Gasteiger partial charge in [-0.2, -0.15) is 0 Å². The van der Waals surface area contributed by atoms with Crippen LogP contribution in [0.4, 0.5) is 10.1 Å². The van der Waals surface area contributed by atoms with Crippen molar-refractivity contribution in [1.82, 2.24) is 4.98 Å². The monoisotopic (exact) mass is 362 g/mol. The van der Waals surface area contributed by atoms with E-state index in [-0.39, 0.29) is 21.4 Å². The summed E-state index contributed by atoms with van der Waals surface area (Å²) in [6.45, 7) is 0. The summed E-state index contributed by atoms with van der Waals surface area (Å²) >= 11 is 14.9. The molecule has 7 heteroatoms. The Balaban J connectivity index is 2.26. The van der Waals surface area contributed by atoms with Gasteiger partial charge in [0.25, 0.3) is 5.91 Å². The average molecular weight is 364 g/mol. The summed E-state index contributed by atoms with van der Waals surface area (Å²) in [4.78, 5) is 15.8. The van der Waals surface area contributed by atoms with Crippen molar-refractivity contribution in [2.75, 3.05) is 5.32 Å². The molecule has 19 heavy (non-hydrogen) atoms. The van der Waals surface area contributed by atoms with E-state index in [9.17, 15) is 9.18 Å². The van der Waals surface area contributed by atoms with Crippen LogP contribution in [-0.4, -0.2) is 10.9 Å². The van der Waals surface area contributed by atoms with Gasteiger partial charge in [0.1, 0.15) is 11.5 Å². The van der Waals surface area contributed by atoms with Gasteiger partial charge in [-0.3, -0.25) is 4.79 Å². The molecule has 1 amide bonds. The number of benzene rings is 1. The smallest absolute Gasteiger partial charge is 0.274 e. The van der Waals surface area contributed by atoms with E-state index in [2.05, 4.69) is 26.2 Å². The first-order valence-corrected chi connectivity index (χ1v) is 6.59. The van der Waals surface area contributed by atoms with Gasteiger partial charge in [-0.15, -0.1) is 0 Å². The molecule has 1 heterocycles. The Labute approximate surface area is 126 Å². The predicted octanol–water partition coefficient (Wildman–Crippen LogP) is 4.54. The summed E-state index contributed by atoms with van der Waals surface area (Å²) in [5, 5.41) is 2.54. The number of amides is 1. The largest absolute Gasteiger partial charge is 0.318 e. The van der Waals surface area contributed by atoms with Crippen LogP contribution in [0.15, 0.2) is 34.9 Å². The van der Waals surface area contributed by atoms with Gasteiger partial charge in [0.05, 0.1) is 15.7 Å². The average Bonchev–Trinajstić information content (AvgIpc) is 2.34. The van der Waals surface area contributed by atoms with Crippen molar-refractivity contribution in [3.05, 3.63) is 56.5 Å². The summed E-state index contributed by atoms with van der Waals surface area (Å²) in [6.07, 6.45) is 1.49. The Morgan fingerprint density at radius 1 is 1.26 bits per heavy atom. The first-order valence-electron chi connectivity index (χ1n) is 5.05. The third-order valence-electron chi connectivity index (χ3n) is 2.21. The predicted molar refractivity (Wildman–Crippen MR) is 76.3 cm³/mol. The van der Waals surface area contributed by atoms with Crippen LogP contribution in [0.3, 0.4) is 0 Å². The third-order valence-corrected chi connectivity index (χ3v) is 3.27. The molecule has 0 unspecified atom stereocenters. The minimum absolute atomic E-state index is 0.0236. The van der Waals surface area contributed by atoms with Crippen LogP contribution in [-0.2, 0) is 0 Å². The first-order chi connectivity index (χ1) is 8.97. The molecule has 2 aromatic rings. The molecule has 0 bridgehead atoms. The fourth-order valence-electron chi connectivity index (χ4n) is 1.35. The maximum Gasteiger partial charge on any atom is 0.274 e. The summed E-state index contributed by atoms with van der Waals surface area (Å²) in [5.41, 5.74) is 0.346. The van der Waals surface area contributed by atoms with Gasteiger partial charge in [0.15, 0.2) is 0 Å². The summed E-state index contributed by atoms with van der Waals surface area (Å²) in [6, 6.07) is 5.34. The Morgan fingerprint density at radius 2 is 1.89 bits per heavy atom. The van der Waals surface area contributed by atoms with E-state index in [4.69, 9.17) is 23.2 Å². The lowest BCUT2D eigenvalue weighted by Gasteiger charge is -2.09. The number of aromatic nitrogens is 1. The number of carbonyl (C=O) groups excluding carboxylic acids is 1. The molecule has 0 aliphatic heterocycles. The molecular formula is C12H6BrCl2FN2O. The minimum atomic E-state index is -0.574. The van der Waals surface area contributed by atoms with E-state index in [0.717, 1.165) is 16.6 Å². The molecule has 3 nitrogen and oxygen atoms in total. The van der Waals surface area contributed by atoms with E-state index in [1.165, 1.54) is 12.3 Å². The fourth-order valence-corrected chi connectivity index (χ4v) is 2.14. The molecule has 98 valence electrons. The second-order valence-corrected chi connectivity index (χ2v) is 5.29. The lowest BCUT2D eigenvalue weighted by molar-refractivity contribution is 0.102. The Morgan fingerprint density at radius 3 is 2.42 bits per heavy atom.